The molecule has 1 unspecified atom stereocenters. The van der Waals surface area contributed by atoms with Crippen molar-refractivity contribution in [3.05, 3.63) is 0 Å². The molecule has 0 aromatic rings. The van der Waals surface area contributed by atoms with Gasteiger partial charge in [-0.25, -0.2) is 0 Å². The van der Waals surface area contributed by atoms with Crippen molar-refractivity contribution in [3.8, 4) is 0 Å². The van der Waals surface area contributed by atoms with Gasteiger partial charge < -0.3 is 5.32 Å². The second-order valence-electron chi connectivity index (χ2n) is 4.11. The molecule has 0 rings (SSSR count). The third-order valence-corrected chi connectivity index (χ3v) is 2.66. The molecular formula is C12H25NO. The van der Waals surface area contributed by atoms with Crippen molar-refractivity contribution in [2.75, 3.05) is 6.54 Å². The van der Waals surface area contributed by atoms with Crippen LogP contribution in [0.4, 0.5) is 0 Å². The largest absolute Gasteiger partial charge is 0.356 e. The molecule has 0 aliphatic heterocycles. The minimum Gasteiger partial charge on any atom is -0.356 e. The van der Waals surface area contributed by atoms with Crippen LogP contribution in [-0.2, 0) is 4.79 Å². The van der Waals surface area contributed by atoms with E-state index in [-0.39, 0.29) is 5.91 Å². The summed E-state index contributed by atoms with van der Waals surface area (Å²) in [6, 6.07) is 0. The van der Waals surface area contributed by atoms with Crippen LogP contribution in [0.2, 0.25) is 0 Å². The van der Waals surface area contributed by atoms with Crippen LogP contribution in [0, 0.1) is 5.92 Å². The summed E-state index contributed by atoms with van der Waals surface area (Å²) < 4.78 is 0. The van der Waals surface area contributed by atoms with Gasteiger partial charge in [-0.3, -0.25) is 4.79 Å². The summed E-state index contributed by atoms with van der Waals surface area (Å²) >= 11 is 0. The van der Waals surface area contributed by atoms with Crippen LogP contribution in [0.1, 0.15) is 59.3 Å². The monoisotopic (exact) mass is 199 g/mol. The molecule has 0 aliphatic rings. The summed E-state index contributed by atoms with van der Waals surface area (Å²) in [5, 5.41) is 2.96. The topological polar surface area (TPSA) is 29.1 Å². The summed E-state index contributed by atoms with van der Waals surface area (Å²) in [5.41, 5.74) is 0. The van der Waals surface area contributed by atoms with Crippen molar-refractivity contribution in [3.63, 3.8) is 0 Å². The lowest BCUT2D eigenvalue weighted by Crippen LogP contribution is -2.24. The normalized spacial score (nSPS) is 12.5. The van der Waals surface area contributed by atoms with Gasteiger partial charge in [-0.15, -0.1) is 0 Å². The van der Waals surface area contributed by atoms with E-state index in [4.69, 9.17) is 0 Å². The lowest BCUT2D eigenvalue weighted by atomic mass is 10.0. The Kier molecular flexibility index (Phi) is 8.70. The van der Waals surface area contributed by atoms with E-state index < -0.39 is 0 Å². The highest BCUT2D eigenvalue weighted by atomic mass is 16.1. The predicted octanol–water partition coefficient (Wildman–Crippen LogP) is 3.12. The number of rotatable bonds is 8. The van der Waals surface area contributed by atoms with E-state index >= 15 is 0 Å². The molecule has 0 aliphatic carbocycles. The molecule has 0 aromatic heterocycles. The molecule has 0 aromatic carbocycles. The van der Waals surface area contributed by atoms with Gasteiger partial charge in [-0.1, -0.05) is 40.0 Å². The zero-order chi connectivity index (χ0) is 10.8. The SMILES string of the molecule is CCCCCNC(=O)CCC(C)CC. The minimum absolute atomic E-state index is 0.224. The van der Waals surface area contributed by atoms with Crippen molar-refractivity contribution in [1.29, 1.82) is 0 Å². The fraction of sp³-hybridized carbons (Fsp3) is 0.917. The Bertz CT molecular complexity index is 145. The van der Waals surface area contributed by atoms with Gasteiger partial charge in [0.2, 0.25) is 5.91 Å². The number of hydrogen-bond donors (Lipinski definition) is 1. The standard InChI is InChI=1S/C12H25NO/c1-4-6-7-10-13-12(14)9-8-11(3)5-2/h11H,4-10H2,1-3H3,(H,13,14). The smallest absolute Gasteiger partial charge is 0.220 e. The highest BCUT2D eigenvalue weighted by Crippen LogP contribution is 2.08. The van der Waals surface area contributed by atoms with Gasteiger partial charge in [-0.2, -0.15) is 0 Å². The molecule has 0 radical (unpaired) electrons. The van der Waals surface area contributed by atoms with E-state index in [0.717, 1.165) is 19.4 Å². The van der Waals surface area contributed by atoms with Crippen LogP contribution < -0.4 is 5.32 Å². The Morgan fingerprint density at radius 1 is 1.29 bits per heavy atom. The van der Waals surface area contributed by atoms with Crippen LogP contribution >= 0.6 is 0 Å². The third kappa shape index (κ3) is 8.09. The lowest BCUT2D eigenvalue weighted by molar-refractivity contribution is -0.121. The number of nitrogens with one attached hydrogen (secondary N) is 1. The summed E-state index contributed by atoms with van der Waals surface area (Å²) in [6.07, 6.45) is 6.43. The summed E-state index contributed by atoms with van der Waals surface area (Å²) in [4.78, 5) is 11.3. The number of carbonyl (C=O) groups is 1. The fourth-order valence-electron chi connectivity index (χ4n) is 1.27. The van der Waals surface area contributed by atoms with E-state index in [1.807, 2.05) is 0 Å². The first-order chi connectivity index (χ1) is 6.70. The van der Waals surface area contributed by atoms with Gasteiger partial charge in [0.05, 0.1) is 0 Å². The third-order valence-electron chi connectivity index (χ3n) is 2.66. The number of unbranched alkanes of at least 4 members (excludes halogenated alkanes) is 2. The number of hydrogen-bond acceptors (Lipinski definition) is 1. The molecule has 1 atom stereocenters. The Morgan fingerprint density at radius 3 is 2.57 bits per heavy atom. The van der Waals surface area contributed by atoms with Crippen molar-refractivity contribution >= 4 is 5.91 Å². The molecule has 2 heteroatoms. The summed E-state index contributed by atoms with van der Waals surface area (Å²) in [6.45, 7) is 7.39. The number of carbonyl (C=O) groups excluding carboxylic acids is 1. The first kappa shape index (κ1) is 13.5. The highest BCUT2D eigenvalue weighted by molar-refractivity contribution is 5.75. The van der Waals surface area contributed by atoms with Gasteiger partial charge in [0, 0.05) is 13.0 Å². The Balaban J connectivity index is 3.28. The van der Waals surface area contributed by atoms with Crippen LogP contribution in [-0.4, -0.2) is 12.5 Å². The van der Waals surface area contributed by atoms with Gasteiger partial charge in [-0.05, 0) is 18.8 Å². The maximum Gasteiger partial charge on any atom is 0.220 e. The predicted molar refractivity (Wildman–Crippen MR) is 61.2 cm³/mol. The maximum absolute atomic E-state index is 11.3. The Hall–Kier alpha value is -0.530. The highest BCUT2D eigenvalue weighted by Gasteiger charge is 2.03. The van der Waals surface area contributed by atoms with Crippen molar-refractivity contribution in [2.24, 2.45) is 5.92 Å². The van der Waals surface area contributed by atoms with Gasteiger partial charge in [0.15, 0.2) is 0 Å². The first-order valence-electron chi connectivity index (χ1n) is 5.97. The molecule has 84 valence electrons. The van der Waals surface area contributed by atoms with E-state index in [2.05, 4.69) is 26.1 Å². The van der Waals surface area contributed by atoms with E-state index in [9.17, 15) is 4.79 Å². The molecular weight excluding hydrogens is 174 g/mol. The minimum atomic E-state index is 0.224. The molecule has 0 spiro atoms. The van der Waals surface area contributed by atoms with Crippen LogP contribution in [0.25, 0.3) is 0 Å². The Morgan fingerprint density at radius 2 is 2.00 bits per heavy atom. The molecule has 0 saturated carbocycles. The zero-order valence-corrected chi connectivity index (χ0v) is 9.94. The van der Waals surface area contributed by atoms with Crippen molar-refractivity contribution in [1.82, 2.24) is 5.32 Å². The van der Waals surface area contributed by atoms with Crippen molar-refractivity contribution in [2.45, 2.75) is 59.3 Å². The van der Waals surface area contributed by atoms with E-state index in [1.165, 1.54) is 19.3 Å². The van der Waals surface area contributed by atoms with E-state index in [0.29, 0.717) is 12.3 Å². The molecule has 0 fully saturated rings. The summed E-state index contributed by atoms with van der Waals surface area (Å²) in [7, 11) is 0. The molecule has 1 amide bonds. The average Bonchev–Trinajstić information content (AvgIpc) is 2.21. The molecule has 2 nitrogen and oxygen atoms in total. The molecule has 0 heterocycles. The fourth-order valence-corrected chi connectivity index (χ4v) is 1.27. The Labute approximate surface area is 88.5 Å². The molecule has 0 saturated heterocycles. The molecule has 14 heavy (non-hydrogen) atoms. The van der Waals surface area contributed by atoms with Gasteiger partial charge >= 0.3 is 0 Å². The molecule has 1 N–H and O–H groups in total. The first-order valence-corrected chi connectivity index (χ1v) is 5.97. The average molecular weight is 199 g/mol. The van der Waals surface area contributed by atoms with Crippen molar-refractivity contribution < 1.29 is 4.79 Å². The number of amides is 1. The van der Waals surface area contributed by atoms with Crippen LogP contribution in [0.3, 0.4) is 0 Å². The zero-order valence-electron chi connectivity index (χ0n) is 9.94. The molecule has 0 bridgehead atoms. The van der Waals surface area contributed by atoms with E-state index in [1.54, 1.807) is 0 Å². The second kappa shape index (κ2) is 9.04. The summed E-state index contributed by atoms with van der Waals surface area (Å²) in [5.74, 6) is 0.901. The van der Waals surface area contributed by atoms with Crippen LogP contribution in [0.5, 0.6) is 0 Å². The van der Waals surface area contributed by atoms with Gasteiger partial charge in [0.25, 0.3) is 0 Å². The maximum atomic E-state index is 11.3. The van der Waals surface area contributed by atoms with Gasteiger partial charge in [0.1, 0.15) is 0 Å². The van der Waals surface area contributed by atoms with Crippen LogP contribution in [0.15, 0.2) is 0 Å². The quantitative estimate of drug-likeness (QED) is 0.598. The lowest BCUT2D eigenvalue weighted by Gasteiger charge is -2.08. The second-order valence-corrected chi connectivity index (χ2v) is 4.11.